The molecule has 0 aliphatic rings. The van der Waals surface area contributed by atoms with Gasteiger partial charge in [0.1, 0.15) is 11.9 Å². The number of nitrogens with zero attached hydrogens (tertiary/aromatic N) is 1. The Morgan fingerprint density at radius 1 is 1.17 bits per heavy atom. The fourth-order valence-corrected chi connectivity index (χ4v) is 1.99. The Kier molecular flexibility index (Phi) is 3.58. The van der Waals surface area contributed by atoms with Gasteiger partial charge < -0.3 is 5.32 Å². The van der Waals surface area contributed by atoms with Crippen LogP contribution in [0.3, 0.4) is 0 Å². The molecule has 0 atom stereocenters. The lowest BCUT2D eigenvalue weighted by Crippen LogP contribution is -1.98. The highest BCUT2D eigenvalue weighted by atomic mass is 79.9. The molecule has 0 radical (unpaired) electrons. The quantitative estimate of drug-likeness (QED) is 0.895. The van der Waals surface area contributed by atoms with E-state index in [1.807, 2.05) is 6.07 Å². The third-order valence-electron chi connectivity index (χ3n) is 2.31. The third kappa shape index (κ3) is 2.49. The molecule has 0 spiro atoms. The second-order valence-electron chi connectivity index (χ2n) is 3.53. The Bertz CT molecular complexity index is 612. The summed E-state index contributed by atoms with van der Waals surface area (Å²) < 4.78 is 26.8. The Labute approximate surface area is 111 Å². The van der Waals surface area contributed by atoms with Crippen molar-refractivity contribution < 1.29 is 8.78 Å². The Morgan fingerprint density at radius 2 is 1.89 bits per heavy atom. The van der Waals surface area contributed by atoms with Gasteiger partial charge in [0.2, 0.25) is 0 Å². The highest BCUT2D eigenvalue weighted by molar-refractivity contribution is 9.10. The summed E-state index contributed by atoms with van der Waals surface area (Å²) >= 11 is 3.08. The molecule has 5 heteroatoms. The van der Waals surface area contributed by atoms with Crippen LogP contribution < -0.4 is 5.32 Å². The zero-order valence-corrected chi connectivity index (χ0v) is 10.6. The summed E-state index contributed by atoms with van der Waals surface area (Å²) in [7, 11) is 0. The smallest absolute Gasteiger partial charge is 0.150 e. The van der Waals surface area contributed by atoms with Crippen LogP contribution in [0.4, 0.5) is 20.2 Å². The molecule has 0 saturated heterocycles. The molecule has 0 bridgehead atoms. The molecule has 2 aromatic carbocycles. The lowest BCUT2D eigenvalue weighted by Gasteiger charge is -2.11. The molecule has 2 nitrogen and oxygen atoms in total. The van der Waals surface area contributed by atoms with Gasteiger partial charge >= 0.3 is 0 Å². The van der Waals surface area contributed by atoms with Crippen molar-refractivity contribution in [2.75, 3.05) is 5.32 Å². The topological polar surface area (TPSA) is 35.8 Å². The van der Waals surface area contributed by atoms with Crippen molar-refractivity contribution in [3.63, 3.8) is 0 Å². The molecule has 0 aromatic heterocycles. The van der Waals surface area contributed by atoms with Gasteiger partial charge in [-0.2, -0.15) is 5.26 Å². The van der Waals surface area contributed by atoms with Crippen molar-refractivity contribution in [3.05, 3.63) is 58.1 Å². The Balaban J connectivity index is 2.44. The number of nitrogens with one attached hydrogen (secondary N) is 1. The van der Waals surface area contributed by atoms with Gasteiger partial charge in [-0.05, 0) is 34.1 Å². The number of halogens is 3. The van der Waals surface area contributed by atoms with E-state index in [1.54, 1.807) is 24.3 Å². The molecule has 1 N–H and O–H groups in total. The van der Waals surface area contributed by atoms with E-state index in [-0.39, 0.29) is 10.2 Å². The summed E-state index contributed by atoms with van der Waals surface area (Å²) in [6, 6.07) is 10.6. The minimum absolute atomic E-state index is 0.0964. The molecule has 0 saturated carbocycles. The SMILES string of the molecule is N#Cc1ccccc1Nc1c(F)cc(F)cc1Br. The molecule has 0 aliphatic carbocycles. The second-order valence-corrected chi connectivity index (χ2v) is 4.38. The molecule has 2 aromatic rings. The Morgan fingerprint density at radius 3 is 2.56 bits per heavy atom. The molecule has 0 fully saturated rings. The largest absolute Gasteiger partial charge is 0.351 e. The number of para-hydroxylation sites is 1. The zero-order valence-electron chi connectivity index (χ0n) is 9.05. The van der Waals surface area contributed by atoms with Crippen molar-refractivity contribution in [1.29, 1.82) is 5.26 Å². The van der Waals surface area contributed by atoms with Gasteiger partial charge in [-0.15, -0.1) is 0 Å². The summed E-state index contributed by atoms with van der Waals surface area (Å²) in [5.41, 5.74) is 0.943. The van der Waals surface area contributed by atoms with Crippen LogP contribution in [0, 0.1) is 23.0 Å². The average Bonchev–Trinajstić information content (AvgIpc) is 2.34. The van der Waals surface area contributed by atoms with Crippen molar-refractivity contribution in [3.8, 4) is 6.07 Å². The van der Waals surface area contributed by atoms with Crippen molar-refractivity contribution in [2.24, 2.45) is 0 Å². The summed E-state index contributed by atoms with van der Waals surface area (Å²) in [5.74, 6) is -1.40. The molecule has 0 amide bonds. The van der Waals surface area contributed by atoms with Crippen LogP contribution in [-0.2, 0) is 0 Å². The monoisotopic (exact) mass is 308 g/mol. The maximum atomic E-state index is 13.6. The number of anilines is 2. The molecule has 0 unspecified atom stereocenters. The summed E-state index contributed by atoms with van der Waals surface area (Å²) in [4.78, 5) is 0. The minimum atomic E-state index is -0.727. The third-order valence-corrected chi connectivity index (χ3v) is 2.94. The Hall–Kier alpha value is -1.93. The van der Waals surface area contributed by atoms with Crippen LogP contribution in [0.5, 0.6) is 0 Å². The van der Waals surface area contributed by atoms with Crippen molar-refractivity contribution in [2.45, 2.75) is 0 Å². The summed E-state index contributed by atoms with van der Waals surface area (Å²) in [6.45, 7) is 0. The van der Waals surface area contributed by atoms with Gasteiger partial charge in [0.05, 0.1) is 16.9 Å². The van der Waals surface area contributed by atoms with Gasteiger partial charge in [-0.3, -0.25) is 0 Å². The molecule has 18 heavy (non-hydrogen) atoms. The minimum Gasteiger partial charge on any atom is -0.351 e. The number of rotatable bonds is 2. The van der Waals surface area contributed by atoms with E-state index in [0.29, 0.717) is 11.3 Å². The molecule has 0 heterocycles. The first kappa shape index (κ1) is 12.5. The van der Waals surface area contributed by atoms with Crippen molar-refractivity contribution in [1.82, 2.24) is 0 Å². The zero-order chi connectivity index (χ0) is 13.1. The van der Waals surface area contributed by atoms with Gasteiger partial charge in [-0.25, -0.2) is 8.78 Å². The van der Waals surface area contributed by atoms with Crippen molar-refractivity contribution >= 4 is 27.3 Å². The van der Waals surface area contributed by atoms with Gasteiger partial charge in [-0.1, -0.05) is 12.1 Å². The molecule has 2 rings (SSSR count). The maximum absolute atomic E-state index is 13.6. The average molecular weight is 309 g/mol. The van der Waals surface area contributed by atoms with E-state index in [2.05, 4.69) is 21.2 Å². The molecule has 0 aliphatic heterocycles. The van der Waals surface area contributed by atoms with E-state index in [0.717, 1.165) is 12.1 Å². The molecular weight excluding hydrogens is 302 g/mol. The first-order valence-corrected chi connectivity index (χ1v) is 5.82. The number of benzene rings is 2. The van der Waals surface area contributed by atoms with E-state index in [4.69, 9.17) is 5.26 Å². The number of nitriles is 1. The number of hydrogen-bond acceptors (Lipinski definition) is 2. The fourth-order valence-electron chi connectivity index (χ4n) is 1.49. The molecular formula is C13H7BrF2N2. The van der Waals surface area contributed by atoms with Crippen LogP contribution in [0.1, 0.15) is 5.56 Å². The first-order chi connectivity index (χ1) is 8.61. The summed E-state index contributed by atoms with van der Waals surface area (Å²) in [6.07, 6.45) is 0. The standard InChI is InChI=1S/C13H7BrF2N2/c14-10-5-9(15)6-11(16)13(10)18-12-4-2-1-3-8(12)7-17/h1-6,18H. The first-order valence-electron chi connectivity index (χ1n) is 5.02. The van der Waals surface area contributed by atoms with E-state index < -0.39 is 11.6 Å². The van der Waals surface area contributed by atoms with Gasteiger partial charge in [0, 0.05) is 10.5 Å². The lowest BCUT2D eigenvalue weighted by atomic mass is 10.2. The second kappa shape index (κ2) is 5.15. The van der Waals surface area contributed by atoms with Crippen LogP contribution in [0.15, 0.2) is 40.9 Å². The highest BCUT2D eigenvalue weighted by Gasteiger charge is 2.11. The van der Waals surface area contributed by atoms with E-state index >= 15 is 0 Å². The molecule has 90 valence electrons. The number of hydrogen-bond donors (Lipinski definition) is 1. The normalized spacial score (nSPS) is 9.89. The van der Waals surface area contributed by atoms with E-state index in [9.17, 15) is 8.78 Å². The predicted octanol–water partition coefficient (Wildman–Crippen LogP) is 4.34. The van der Waals surface area contributed by atoms with Crippen LogP contribution in [0.2, 0.25) is 0 Å². The summed E-state index contributed by atoms with van der Waals surface area (Å²) in [5, 5.41) is 11.7. The highest BCUT2D eigenvalue weighted by Crippen LogP contribution is 2.30. The van der Waals surface area contributed by atoms with Crippen LogP contribution in [0.25, 0.3) is 0 Å². The fraction of sp³-hybridized carbons (Fsp3) is 0. The van der Waals surface area contributed by atoms with Gasteiger partial charge in [0.15, 0.2) is 5.82 Å². The van der Waals surface area contributed by atoms with E-state index in [1.165, 1.54) is 0 Å². The van der Waals surface area contributed by atoms with Crippen LogP contribution >= 0.6 is 15.9 Å². The predicted molar refractivity (Wildman–Crippen MR) is 68.5 cm³/mol. The maximum Gasteiger partial charge on any atom is 0.150 e. The van der Waals surface area contributed by atoms with Gasteiger partial charge in [0.25, 0.3) is 0 Å². The van der Waals surface area contributed by atoms with Crippen LogP contribution in [-0.4, -0.2) is 0 Å². The lowest BCUT2D eigenvalue weighted by molar-refractivity contribution is 0.584.